The summed E-state index contributed by atoms with van der Waals surface area (Å²) in [4.78, 5) is 24.5. The fourth-order valence-corrected chi connectivity index (χ4v) is 5.30. The molecule has 1 heterocycles. The molecule has 6 nitrogen and oxygen atoms in total. The highest BCUT2D eigenvalue weighted by Crippen LogP contribution is 2.30. The van der Waals surface area contributed by atoms with Crippen LogP contribution in [0.1, 0.15) is 47.1 Å². The van der Waals surface area contributed by atoms with E-state index < -0.39 is 27.5 Å². The van der Waals surface area contributed by atoms with Crippen LogP contribution in [-0.4, -0.2) is 38.6 Å². The van der Waals surface area contributed by atoms with E-state index in [0.29, 0.717) is 24.1 Å². The minimum atomic E-state index is -3.80. The average Bonchev–Trinajstić information content (AvgIpc) is 2.75. The lowest BCUT2D eigenvalue weighted by molar-refractivity contribution is -0.127. The summed E-state index contributed by atoms with van der Waals surface area (Å²) in [5, 5.41) is 5.31. The van der Waals surface area contributed by atoms with E-state index in [1.807, 2.05) is 20.8 Å². The monoisotopic (exact) mass is 380 g/mol. The summed E-state index contributed by atoms with van der Waals surface area (Å²) in [7, 11) is -3.80. The molecule has 1 aliphatic rings. The van der Waals surface area contributed by atoms with Gasteiger partial charge in [0.05, 0.1) is 4.90 Å². The molecule has 0 saturated carbocycles. The number of carbonyl (C=O) groups is 2. The average molecular weight is 381 g/mol. The van der Waals surface area contributed by atoms with Gasteiger partial charge in [0.1, 0.15) is 11.8 Å². The Balaban J connectivity index is 2.26. The van der Waals surface area contributed by atoms with E-state index >= 15 is 0 Å². The minimum absolute atomic E-state index is 0.235. The third kappa shape index (κ3) is 4.09. The van der Waals surface area contributed by atoms with Crippen molar-refractivity contribution in [3.05, 3.63) is 27.8 Å². The zero-order chi connectivity index (χ0) is 19.6. The molecule has 0 bridgehead atoms. The van der Waals surface area contributed by atoms with Gasteiger partial charge in [-0.25, -0.2) is 8.42 Å². The normalized spacial score (nSPS) is 18.2. The highest BCUT2D eigenvalue weighted by molar-refractivity contribution is 7.92. The molecular weight excluding hydrogens is 352 g/mol. The maximum atomic E-state index is 12.9. The van der Waals surface area contributed by atoms with Gasteiger partial charge in [0.2, 0.25) is 11.8 Å². The highest BCUT2D eigenvalue weighted by atomic mass is 32.2. The van der Waals surface area contributed by atoms with Crippen molar-refractivity contribution in [2.75, 3.05) is 12.3 Å². The van der Waals surface area contributed by atoms with E-state index in [1.54, 1.807) is 13.8 Å². The van der Waals surface area contributed by atoms with Crippen LogP contribution in [-0.2, 0) is 19.4 Å². The number of amides is 2. The van der Waals surface area contributed by atoms with Gasteiger partial charge in [-0.3, -0.25) is 9.59 Å². The number of hydrogen-bond donors (Lipinski definition) is 2. The Hall–Kier alpha value is -1.89. The quantitative estimate of drug-likeness (QED) is 0.833. The molecule has 1 atom stereocenters. The van der Waals surface area contributed by atoms with Gasteiger partial charge >= 0.3 is 0 Å². The molecule has 1 aliphatic heterocycles. The largest absolute Gasteiger partial charge is 0.354 e. The standard InChI is InChI=1S/C19H28N2O4S/c1-11-12(2)14(4)18(15(5)13(11)3)26(24,25)10-17(22)21-16-8-6-7-9-20-19(16)23/h16H,6-10H2,1-5H3,(H,20,23)(H,21,22)/t16-/m1/s1. The van der Waals surface area contributed by atoms with Crippen molar-refractivity contribution >= 4 is 21.7 Å². The number of benzene rings is 1. The molecule has 2 amide bonds. The zero-order valence-corrected chi connectivity index (χ0v) is 17.0. The second-order valence-electron chi connectivity index (χ2n) is 7.12. The SMILES string of the molecule is Cc1c(C)c(C)c(S(=O)(=O)CC(=O)N[C@@H]2CCCCNC2=O)c(C)c1C. The Morgan fingerprint density at radius 1 is 1.00 bits per heavy atom. The fourth-order valence-electron chi connectivity index (χ4n) is 3.49. The molecule has 2 N–H and O–H groups in total. The topological polar surface area (TPSA) is 92.3 Å². The minimum Gasteiger partial charge on any atom is -0.354 e. The molecule has 26 heavy (non-hydrogen) atoms. The van der Waals surface area contributed by atoms with Gasteiger partial charge in [0.25, 0.3) is 0 Å². The van der Waals surface area contributed by atoms with Crippen LogP contribution in [0.5, 0.6) is 0 Å². The smallest absolute Gasteiger partial charge is 0.242 e. The van der Waals surface area contributed by atoms with Crippen LogP contribution in [0.4, 0.5) is 0 Å². The van der Waals surface area contributed by atoms with Crippen molar-refractivity contribution in [2.24, 2.45) is 0 Å². The first-order valence-electron chi connectivity index (χ1n) is 8.93. The number of hydrogen-bond acceptors (Lipinski definition) is 4. The third-order valence-electron chi connectivity index (χ3n) is 5.43. The maximum Gasteiger partial charge on any atom is 0.242 e. The predicted molar refractivity (Wildman–Crippen MR) is 101 cm³/mol. The number of sulfone groups is 1. The van der Waals surface area contributed by atoms with E-state index in [-0.39, 0.29) is 10.8 Å². The third-order valence-corrected chi connectivity index (χ3v) is 7.31. The Morgan fingerprint density at radius 2 is 1.54 bits per heavy atom. The maximum absolute atomic E-state index is 12.9. The summed E-state index contributed by atoms with van der Waals surface area (Å²) in [5.41, 5.74) is 4.29. The molecule has 0 spiro atoms. The second kappa shape index (κ2) is 7.78. The molecule has 1 fully saturated rings. The van der Waals surface area contributed by atoms with Gasteiger partial charge in [-0.15, -0.1) is 0 Å². The van der Waals surface area contributed by atoms with Crippen molar-refractivity contribution in [3.63, 3.8) is 0 Å². The number of carbonyl (C=O) groups excluding carboxylic acids is 2. The molecule has 7 heteroatoms. The molecule has 144 valence electrons. The molecule has 0 unspecified atom stereocenters. The molecule has 0 aliphatic carbocycles. The van der Waals surface area contributed by atoms with E-state index in [4.69, 9.17) is 0 Å². The van der Waals surface area contributed by atoms with Crippen molar-refractivity contribution in [1.29, 1.82) is 0 Å². The molecular formula is C19H28N2O4S. The van der Waals surface area contributed by atoms with E-state index in [2.05, 4.69) is 10.6 Å². The fraction of sp³-hybridized carbons (Fsp3) is 0.579. The van der Waals surface area contributed by atoms with Gasteiger partial charge in [-0.1, -0.05) is 0 Å². The van der Waals surface area contributed by atoms with Gasteiger partial charge in [-0.05, 0) is 81.7 Å². The summed E-state index contributed by atoms with van der Waals surface area (Å²) >= 11 is 0. The highest BCUT2D eigenvalue weighted by Gasteiger charge is 2.29. The van der Waals surface area contributed by atoms with Crippen LogP contribution >= 0.6 is 0 Å². The van der Waals surface area contributed by atoms with Crippen LogP contribution in [0.3, 0.4) is 0 Å². The van der Waals surface area contributed by atoms with Crippen LogP contribution in [0.15, 0.2) is 4.90 Å². The molecule has 0 radical (unpaired) electrons. The summed E-state index contributed by atoms with van der Waals surface area (Å²) < 4.78 is 25.9. The molecule has 0 aromatic heterocycles. The van der Waals surface area contributed by atoms with Crippen molar-refractivity contribution in [1.82, 2.24) is 10.6 Å². The first kappa shape index (κ1) is 20.4. The molecule has 1 saturated heterocycles. The Labute approximate surface area is 155 Å². The molecule has 1 aromatic carbocycles. The Morgan fingerprint density at radius 3 is 2.12 bits per heavy atom. The first-order chi connectivity index (χ1) is 12.1. The lowest BCUT2D eigenvalue weighted by atomic mass is 9.95. The van der Waals surface area contributed by atoms with E-state index in [1.165, 1.54) is 0 Å². The zero-order valence-electron chi connectivity index (χ0n) is 16.2. The van der Waals surface area contributed by atoms with E-state index in [9.17, 15) is 18.0 Å². The first-order valence-corrected chi connectivity index (χ1v) is 10.6. The number of nitrogens with one attached hydrogen (secondary N) is 2. The van der Waals surface area contributed by atoms with Crippen LogP contribution < -0.4 is 10.6 Å². The van der Waals surface area contributed by atoms with Crippen LogP contribution in [0.2, 0.25) is 0 Å². The van der Waals surface area contributed by atoms with Gasteiger partial charge in [0.15, 0.2) is 9.84 Å². The van der Waals surface area contributed by atoms with E-state index in [0.717, 1.165) is 29.5 Å². The van der Waals surface area contributed by atoms with Crippen molar-refractivity contribution in [2.45, 2.75) is 64.8 Å². The Kier molecular flexibility index (Phi) is 6.11. The summed E-state index contributed by atoms with van der Waals surface area (Å²) in [6.45, 7) is 9.90. The van der Waals surface area contributed by atoms with Gasteiger partial charge in [0, 0.05) is 6.54 Å². The lowest BCUT2D eigenvalue weighted by Gasteiger charge is -2.19. The molecule has 2 rings (SSSR count). The number of rotatable bonds is 4. The van der Waals surface area contributed by atoms with Crippen molar-refractivity contribution < 1.29 is 18.0 Å². The predicted octanol–water partition coefficient (Wildman–Crippen LogP) is 1.79. The van der Waals surface area contributed by atoms with Gasteiger partial charge in [-0.2, -0.15) is 0 Å². The molecule has 1 aromatic rings. The van der Waals surface area contributed by atoms with Gasteiger partial charge < -0.3 is 10.6 Å². The lowest BCUT2D eigenvalue weighted by Crippen LogP contribution is -2.47. The summed E-state index contributed by atoms with van der Waals surface area (Å²) in [6.07, 6.45) is 2.19. The van der Waals surface area contributed by atoms with Crippen molar-refractivity contribution in [3.8, 4) is 0 Å². The summed E-state index contributed by atoms with van der Waals surface area (Å²) in [5.74, 6) is -1.54. The van der Waals surface area contributed by atoms with Crippen LogP contribution in [0, 0.1) is 34.6 Å². The summed E-state index contributed by atoms with van der Waals surface area (Å²) in [6, 6.07) is -0.663. The second-order valence-corrected chi connectivity index (χ2v) is 9.05. The van der Waals surface area contributed by atoms with Crippen LogP contribution in [0.25, 0.3) is 0 Å². The Bertz CT molecular complexity index is 815.